The van der Waals surface area contributed by atoms with Crippen LogP contribution in [-0.4, -0.2) is 41.3 Å². The van der Waals surface area contributed by atoms with Crippen molar-refractivity contribution in [2.45, 2.75) is 54.4 Å². The second-order valence-corrected chi connectivity index (χ2v) is 8.18. The van der Waals surface area contributed by atoms with Gasteiger partial charge < -0.3 is 20.8 Å². The first-order chi connectivity index (χ1) is 10.8. The van der Waals surface area contributed by atoms with E-state index in [-0.39, 0.29) is 23.2 Å². The summed E-state index contributed by atoms with van der Waals surface area (Å²) >= 11 is 0. The second-order valence-electron chi connectivity index (χ2n) is 8.18. The summed E-state index contributed by atoms with van der Waals surface area (Å²) in [6.45, 7) is 11.6. The lowest BCUT2D eigenvalue weighted by atomic mass is 9.75. The molecule has 24 heavy (non-hydrogen) atoms. The molecule has 140 valence electrons. The van der Waals surface area contributed by atoms with Crippen LogP contribution < -0.4 is 10.6 Å². The van der Waals surface area contributed by atoms with Crippen LogP contribution in [0.2, 0.25) is 0 Å². The Hall–Kier alpha value is -1.79. The molecule has 0 heterocycles. The van der Waals surface area contributed by atoms with Gasteiger partial charge in [0.05, 0.1) is 5.41 Å². The average molecular weight is 344 g/mol. The maximum absolute atomic E-state index is 12.2. The van der Waals surface area contributed by atoms with Crippen LogP contribution in [-0.2, 0) is 9.59 Å². The van der Waals surface area contributed by atoms with Crippen molar-refractivity contribution < 1.29 is 24.6 Å². The molecule has 7 heteroatoms. The Morgan fingerprint density at radius 1 is 1.00 bits per heavy atom. The quantitative estimate of drug-likeness (QED) is 0.486. The number of rotatable bonds is 10. The molecule has 0 aromatic heterocycles. The molecule has 0 aromatic carbocycles. The summed E-state index contributed by atoms with van der Waals surface area (Å²) in [7, 11) is 0. The fourth-order valence-electron chi connectivity index (χ4n) is 2.89. The first-order valence-corrected chi connectivity index (χ1v) is 8.25. The highest BCUT2D eigenvalue weighted by molar-refractivity contribution is 5.78. The highest BCUT2D eigenvalue weighted by Gasteiger charge is 2.35. The maximum atomic E-state index is 12.2. The van der Waals surface area contributed by atoms with Crippen LogP contribution in [0.1, 0.15) is 54.4 Å². The normalized spacial score (nSPS) is 14.6. The minimum atomic E-state index is -1.07. The standard InChI is InChI=1S/C17H32N2O5/c1-11(8-18-15(23)24)7-12(2)13(20)19-10-16(3,4)9-17(5,6)14(21)22/h11-12,18H,7-10H2,1-6H3,(H,19,20)(H,21,22)(H,23,24). The zero-order valence-corrected chi connectivity index (χ0v) is 15.6. The van der Waals surface area contributed by atoms with E-state index < -0.39 is 17.5 Å². The van der Waals surface area contributed by atoms with Gasteiger partial charge in [-0.15, -0.1) is 0 Å². The SMILES string of the molecule is CC(CNC(=O)O)CC(C)C(=O)NCC(C)(C)CC(C)(C)C(=O)O. The van der Waals surface area contributed by atoms with E-state index >= 15 is 0 Å². The zero-order valence-electron chi connectivity index (χ0n) is 15.6. The molecule has 7 nitrogen and oxygen atoms in total. The molecule has 0 saturated carbocycles. The molecule has 0 rings (SSSR count). The highest BCUT2D eigenvalue weighted by atomic mass is 16.4. The fraction of sp³-hybridized carbons (Fsp3) is 0.824. The van der Waals surface area contributed by atoms with Crippen molar-refractivity contribution in [2.24, 2.45) is 22.7 Å². The van der Waals surface area contributed by atoms with Crippen LogP contribution in [0.3, 0.4) is 0 Å². The fourth-order valence-corrected chi connectivity index (χ4v) is 2.89. The van der Waals surface area contributed by atoms with Crippen molar-refractivity contribution in [3.63, 3.8) is 0 Å². The molecule has 2 atom stereocenters. The molecular formula is C17H32N2O5. The van der Waals surface area contributed by atoms with Crippen LogP contribution >= 0.6 is 0 Å². The molecule has 0 bridgehead atoms. The molecule has 0 aliphatic carbocycles. The summed E-state index contributed by atoms with van der Waals surface area (Å²) in [4.78, 5) is 33.9. The Kier molecular flexibility index (Phi) is 8.23. The molecule has 0 spiro atoms. The summed E-state index contributed by atoms with van der Waals surface area (Å²) < 4.78 is 0. The van der Waals surface area contributed by atoms with E-state index in [1.165, 1.54) is 0 Å². The molecule has 0 aliphatic heterocycles. The molecule has 0 saturated heterocycles. The lowest BCUT2D eigenvalue weighted by molar-refractivity contribution is -0.148. The smallest absolute Gasteiger partial charge is 0.404 e. The number of carboxylic acid groups (broad SMARTS) is 2. The number of carbonyl (C=O) groups excluding carboxylic acids is 1. The minimum absolute atomic E-state index is 0.0563. The second kappa shape index (κ2) is 8.89. The van der Waals surface area contributed by atoms with Crippen LogP contribution in [0.4, 0.5) is 4.79 Å². The summed E-state index contributed by atoms with van der Waals surface area (Å²) in [6.07, 6.45) is -0.0439. The molecule has 2 amide bonds. The van der Waals surface area contributed by atoms with Gasteiger partial charge in [0, 0.05) is 19.0 Å². The van der Waals surface area contributed by atoms with Crippen molar-refractivity contribution in [2.75, 3.05) is 13.1 Å². The Bertz CT molecular complexity index is 460. The average Bonchev–Trinajstić information content (AvgIpc) is 2.41. The van der Waals surface area contributed by atoms with E-state index in [0.29, 0.717) is 25.9 Å². The number of aliphatic carboxylic acids is 1. The number of amides is 2. The van der Waals surface area contributed by atoms with Crippen molar-refractivity contribution in [1.29, 1.82) is 0 Å². The van der Waals surface area contributed by atoms with E-state index in [4.69, 9.17) is 5.11 Å². The van der Waals surface area contributed by atoms with Crippen molar-refractivity contribution in [1.82, 2.24) is 10.6 Å². The predicted molar refractivity (Wildman–Crippen MR) is 91.8 cm³/mol. The third-order valence-electron chi connectivity index (χ3n) is 4.05. The van der Waals surface area contributed by atoms with Gasteiger partial charge >= 0.3 is 12.1 Å². The minimum Gasteiger partial charge on any atom is -0.481 e. The van der Waals surface area contributed by atoms with Crippen molar-refractivity contribution in [3.8, 4) is 0 Å². The molecule has 2 unspecified atom stereocenters. The third-order valence-corrected chi connectivity index (χ3v) is 4.05. The maximum Gasteiger partial charge on any atom is 0.404 e. The van der Waals surface area contributed by atoms with Crippen molar-refractivity contribution >= 4 is 18.0 Å². The van der Waals surface area contributed by atoms with Crippen molar-refractivity contribution in [3.05, 3.63) is 0 Å². The number of hydrogen-bond donors (Lipinski definition) is 4. The van der Waals surface area contributed by atoms with E-state index in [1.807, 2.05) is 20.8 Å². The zero-order chi connectivity index (χ0) is 19.1. The highest BCUT2D eigenvalue weighted by Crippen LogP contribution is 2.33. The van der Waals surface area contributed by atoms with Gasteiger partial charge in [-0.2, -0.15) is 0 Å². The summed E-state index contributed by atoms with van der Waals surface area (Å²) in [5.41, 5.74) is -1.19. The predicted octanol–water partition coefficient (Wildman–Crippen LogP) is 2.56. The van der Waals surface area contributed by atoms with Crippen LogP contribution in [0.25, 0.3) is 0 Å². The summed E-state index contributed by atoms with van der Waals surface area (Å²) in [5, 5.41) is 23.0. The van der Waals surface area contributed by atoms with Gasteiger partial charge in [-0.1, -0.05) is 27.7 Å². The van der Waals surface area contributed by atoms with Crippen LogP contribution in [0.15, 0.2) is 0 Å². The summed E-state index contributed by atoms with van der Waals surface area (Å²) in [6, 6.07) is 0. The Morgan fingerprint density at radius 3 is 2.00 bits per heavy atom. The van der Waals surface area contributed by atoms with Gasteiger partial charge in [-0.3, -0.25) is 9.59 Å². The first-order valence-electron chi connectivity index (χ1n) is 8.25. The molecule has 4 N–H and O–H groups in total. The van der Waals surface area contributed by atoms with E-state index in [0.717, 1.165) is 0 Å². The lowest BCUT2D eigenvalue weighted by Crippen LogP contribution is -2.41. The number of carbonyl (C=O) groups is 3. The molecule has 0 fully saturated rings. The number of carboxylic acids is 1. The van der Waals surface area contributed by atoms with Gasteiger partial charge in [0.15, 0.2) is 0 Å². The Morgan fingerprint density at radius 2 is 1.54 bits per heavy atom. The number of nitrogens with one attached hydrogen (secondary N) is 2. The molecule has 0 aromatic rings. The van der Waals surface area contributed by atoms with Crippen LogP contribution in [0, 0.1) is 22.7 Å². The number of hydrogen-bond acceptors (Lipinski definition) is 3. The van der Waals surface area contributed by atoms with Gasteiger partial charge in [0.1, 0.15) is 0 Å². The van der Waals surface area contributed by atoms with Gasteiger partial charge in [-0.05, 0) is 38.0 Å². The Balaban J connectivity index is 4.40. The largest absolute Gasteiger partial charge is 0.481 e. The monoisotopic (exact) mass is 344 g/mol. The van der Waals surface area contributed by atoms with Gasteiger partial charge in [0.25, 0.3) is 0 Å². The Labute approximate surface area is 144 Å². The van der Waals surface area contributed by atoms with Crippen LogP contribution in [0.5, 0.6) is 0 Å². The topological polar surface area (TPSA) is 116 Å². The van der Waals surface area contributed by atoms with Gasteiger partial charge in [-0.25, -0.2) is 4.79 Å². The third kappa shape index (κ3) is 8.74. The van der Waals surface area contributed by atoms with Gasteiger partial charge in [0.2, 0.25) is 5.91 Å². The molecular weight excluding hydrogens is 312 g/mol. The van der Waals surface area contributed by atoms with E-state index in [2.05, 4.69) is 10.6 Å². The van der Waals surface area contributed by atoms with E-state index in [9.17, 15) is 19.5 Å². The molecule has 0 aliphatic rings. The summed E-state index contributed by atoms with van der Waals surface area (Å²) in [5.74, 6) is -1.13. The first kappa shape index (κ1) is 22.2. The molecule has 0 radical (unpaired) electrons. The van der Waals surface area contributed by atoms with E-state index in [1.54, 1.807) is 20.8 Å². The lowest BCUT2D eigenvalue weighted by Gasteiger charge is -2.32.